The lowest BCUT2D eigenvalue weighted by Crippen LogP contribution is -2.03. The van der Waals surface area contributed by atoms with Crippen LogP contribution >= 0.6 is 0 Å². The van der Waals surface area contributed by atoms with Gasteiger partial charge in [-0.05, 0) is 37.3 Å². The molecule has 19 heavy (non-hydrogen) atoms. The lowest BCUT2D eigenvalue weighted by Gasteiger charge is -2.16. The molecule has 1 atom stereocenters. The summed E-state index contributed by atoms with van der Waals surface area (Å²) >= 11 is 0. The van der Waals surface area contributed by atoms with Crippen LogP contribution in [0.4, 0.5) is 0 Å². The van der Waals surface area contributed by atoms with E-state index < -0.39 is 6.10 Å². The number of fused-ring (bicyclic) bond motifs is 1. The van der Waals surface area contributed by atoms with Gasteiger partial charge in [0.15, 0.2) is 0 Å². The molecule has 1 unspecified atom stereocenters. The number of aromatic nitrogens is 2. The Bertz CT molecular complexity index is 601. The standard InChI is InChI=1S/C16H18N2O/c19-16(12-6-3-1-2-4-7-12)13-8-5-9-14-15(13)18-11-10-17-14/h5-6,8-11,16,19H,1-4,7H2. The zero-order valence-corrected chi connectivity index (χ0v) is 10.9. The van der Waals surface area contributed by atoms with Crippen molar-refractivity contribution in [1.82, 2.24) is 9.97 Å². The number of nitrogens with zero attached hydrogens (tertiary/aromatic N) is 2. The van der Waals surface area contributed by atoms with Crippen LogP contribution in [-0.4, -0.2) is 15.1 Å². The number of benzene rings is 1. The number of aliphatic hydroxyl groups is 1. The molecule has 3 rings (SSSR count). The second kappa shape index (κ2) is 5.49. The van der Waals surface area contributed by atoms with E-state index in [2.05, 4.69) is 16.0 Å². The summed E-state index contributed by atoms with van der Waals surface area (Å²) in [5, 5.41) is 10.6. The van der Waals surface area contributed by atoms with E-state index in [0.717, 1.165) is 35.0 Å². The zero-order chi connectivity index (χ0) is 13.1. The first-order valence-electron chi connectivity index (χ1n) is 6.93. The summed E-state index contributed by atoms with van der Waals surface area (Å²) in [5.41, 5.74) is 3.66. The van der Waals surface area contributed by atoms with Gasteiger partial charge in [0, 0.05) is 18.0 Å². The second-order valence-corrected chi connectivity index (χ2v) is 5.05. The Kier molecular flexibility index (Phi) is 3.56. The fourth-order valence-electron chi connectivity index (χ4n) is 2.72. The number of para-hydroxylation sites is 1. The van der Waals surface area contributed by atoms with E-state index in [1.54, 1.807) is 12.4 Å². The molecule has 1 aromatic carbocycles. The van der Waals surface area contributed by atoms with E-state index in [1.165, 1.54) is 19.3 Å². The number of hydrogen-bond donors (Lipinski definition) is 1. The zero-order valence-electron chi connectivity index (χ0n) is 10.9. The molecule has 1 heterocycles. The summed E-state index contributed by atoms with van der Waals surface area (Å²) in [7, 11) is 0. The van der Waals surface area contributed by atoms with Crippen molar-refractivity contribution < 1.29 is 5.11 Å². The predicted octanol–water partition coefficient (Wildman–Crippen LogP) is 3.55. The van der Waals surface area contributed by atoms with Crippen LogP contribution in [0.25, 0.3) is 11.0 Å². The molecule has 0 aliphatic heterocycles. The molecular formula is C16H18N2O. The minimum absolute atomic E-state index is 0.543. The van der Waals surface area contributed by atoms with Crippen molar-refractivity contribution in [1.29, 1.82) is 0 Å². The first kappa shape index (κ1) is 12.3. The molecule has 0 amide bonds. The smallest absolute Gasteiger partial charge is 0.102 e. The van der Waals surface area contributed by atoms with E-state index in [4.69, 9.17) is 0 Å². The molecule has 1 aliphatic carbocycles. The molecule has 98 valence electrons. The number of rotatable bonds is 2. The molecule has 1 aliphatic rings. The highest BCUT2D eigenvalue weighted by molar-refractivity contribution is 5.78. The molecule has 0 saturated heterocycles. The van der Waals surface area contributed by atoms with E-state index in [1.807, 2.05) is 18.2 Å². The quantitative estimate of drug-likeness (QED) is 0.833. The molecule has 0 saturated carbocycles. The second-order valence-electron chi connectivity index (χ2n) is 5.05. The van der Waals surface area contributed by atoms with Crippen molar-refractivity contribution in [3.63, 3.8) is 0 Å². The van der Waals surface area contributed by atoms with Gasteiger partial charge in [-0.1, -0.05) is 24.6 Å². The lowest BCUT2D eigenvalue weighted by atomic mass is 9.96. The van der Waals surface area contributed by atoms with Crippen LogP contribution in [0.15, 0.2) is 42.2 Å². The maximum absolute atomic E-state index is 10.6. The SMILES string of the molecule is OC(C1=CCCCCC1)c1cccc2nccnc12. The predicted molar refractivity (Wildman–Crippen MR) is 75.7 cm³/mol. The van der Waals surface area contributed by atoms with Crippen LogP contribution in [0, 0.1) is 0 Å². The summed E-state index contributed by atoms with van der Waals surface area (Å²) < 4.78 is 0. The number of allylic oxidation sites excluding steroid dienone is 1. The van der Waals surface area contributed by atoms with Crippen LogP contribution < -0.4 is 0 Å². The molecule has 2 aromatic rings. The van der Waals surface area contributed by atoms with Gasteiger partial charge in [-0.2, -0.15) is 0 Å². The molecule has 0 radical (unpaired) electrons. The first-order valence-corrected chi connectivity index (χ1v) is 6.93. The third kappa shape index (κ3) is 2.51. The van der Waals surface area contributed by atoms with E-state index in [0.29, 0.717) is 0 Å². The maximum atomic E-state index is 10.6. The fraction of sp³-hybridized carbons (Fsp3) is 0.375. The van der Waals surface area contributed by atoms with Gasteiger partial charge in [0.05, 0.1) is 11.0 Å². The molecule has 0 spiro atoms. The Hall–Kier alpha value is -1.74. The highest BCUT2D eigenvalue weighted by Crippen LogP contribution is 2.31. The van der Waals surface area contributed by atoms with Crippen molar-refractivity contribution in [2.45, 2.75) is 38.2 Å². The van der Waals surface area contributed by atoms with Crippen LogP contribution in [-0.2, 0) is 0 Å². The Balaban J connectivity index is 2.01. The average Bonchev–Trinajstić information content (AvgIpc) is 2.75. The third-order valence-corrected chi connectivity index (χ3v) is 3.75. The third-order valence-electron chi connectivity index (χ3n) is 3.75. The molecule has 3 nitrogen and oxygen atoms in total. The van der Waals surface area contributed by atoms with Crippen molar-refractivity contribution in [3.8, 4) is 0 Å². The van der Waals surface area contributed by atoms with Gasteiger partial charge in [0.25, 0.3) is 0 Å². The largest absolute Gasteiger partial charge is 0.384 e. The van der Waals surface area contributed by atoms with Crippen LogP contribution in [0.2, 0.25) is 0 Å². The van der Waals surface area contributed by atoms with Gasteiger partial charge < -0.3 is 5.11 Å². The van der Waals surface area contributed by atoms with Gasteiger partial charge in [-0.3, -0.25) is 9.97 Å². The normalized spacial score (nSPS) is 17.8. The molecule has 1 N–H and O–H groups in total. The Labute approximate surface area is 113 Å². The maximum Gasteiger partial charge on any atom is 0.102 e. The van der Waals surface area contributed by atoms with Crippen molar-refractivity contribution in [3.05, 3.63) is 47.8 Å². The van der Waals surface area contributed by atoms with Gasteiger partial charge in [0.1, 0.15) is 6.10 Å². The molecule has 1 aromatic heterocycles. The van der Waals surface area contributed by atoms with Gasteiger partial charge >= 0.3 is 0 Å². The van der Waals surface area contributed by atoms with E-state index in [-0.39, 0.29) is 0 Å². The van der Waals surface area contributed by atoms with Crippen molar-refractivity contribution >= 4 is 11.0 Å². The summed E-state index contributed by atoms with van der Waals surface area (Å²) in [6.45, 7) is 0. The summed E-state index contributed by atoms with van der Waals surface area (Å²) in [4.78, 5) is 8.67. The highest BCUT2D eigenvalue weighted by Gasteiger charge is 2.17. The van der Waals surface area contributed by atoms with E-state index >= 15 is 0 Å². The van der Waals surface area contributed by atoms with Gasteiger partial charge in [0.2, 0.25) is 0 Å². The summed E-state index contributed by atoms with van der Waals surface area (Å²) in [5.74, 6) is 0. The number of hydrogen-bond acceptors (Lipinski definition) is 3. The Morgan fingerprint density at radius 1 is 1.05 bits per heavy atom. The lowest BCUT2D eigenvalue weighted by molar-refractivity contribution is 0.212. The minimum Gasteiger partial charge on any atom is -0.384 e. The van der Waals surface area contributed by atoms with Crippen LogP contribution in [0.5, 0.6) is 0 Å². The minimum atomic E-state index is -0.543. The Morgan fingerprint density at radius 2 is 1.95 bits per heavy atom. The number of aliphatic hydroxyl groups excluding tert-OH is 1. The Morgan fingerprint density at radius 3 is 2.89 bits per heavy atom. The van der Waals surface area contributed by atoms with Crippen molar-refractivity contribution in [2.75, 3.05) is 0 Å². The molecular weight excluding hydrogens is 236 g/mol. The van der Waals surface area contributed by atoms with Crippen LogP contribution in [0.1, 0.15) is 43.8 Å². The molecule has 0 fully saturated rings. The van der Waals surface area contributed by atoms with Crippen molar-refractivity contribution in [2.24, 2.45) is 0 Å². The van der Waals surface area contributed by atoms with Crippen LogP contribution in [0.3, 0.4) is 0 Å². The van der Waals surface area contributed by atoms with Gasteiger partial charge in [-0.25, -0.2) is 0 Å². The molecule has 3 heteroatoms. The van der Waals surface area contributed by atoms with Gasteiger partial charge in [-0.15, -0.1) is 0 Å². The molecule has 0 bridgehead atoms. The summed E-state index contributed by atoms with van der Waals surface area (Å²) in [6.07, 6.45) is 10.7. The topological polar surface area (TPSA) is 46.0 Å². The average molecular weight is 254 g/mol. The van der Waals surface area contributed by atoms with E-state index in [9.17, 15) is 5.11 Å². The first-order chi connectivity index (χ1) is 9.36. The fourth-order valence-corrected chi connectivity index (χ4v) is 2.72. The highest BCUT2D eigenvalue weighted by atomic mass is 16.3. The monoisotopic (exact) mass is 254 g/mol. The summed E-state index contributed by atoms with van der Waals surface area (Å²) in [6, 6.07) is 5.82.